The molecule has 51 heavy (non-hydrogen) atoms. The Hall–Kier alpha value is -4.16. The van der Waals surface area contributed by atoms with Crippen LogP contribution < -0.4 is 20.3 Å². The van der Waals surface area contributed by atoms with Gasteiger partial charge in [-0.3, -0.25) is 10.3 Å². The molecular formula is C39H48F2N6O4. The molecule has 1 aliphatic carbocycles. The summed E-state index contributed by atoms with van der Waals surface area (Å²) in [6.45, 7) is 15.4. The predicted molar refractivity (Wildman–Crippen MR) is 194 cm³/mol. The Bertz CT molecular complexity index is 2020. The van der Waals surface area contributed by atoms with E-state index in [-0.39, 0.29) is 52.8 Å². The zero-order valence-electron chi connectivity index (χ0n) is 30.5. The van der Waals surface area contributed by atoms with Gasteiger partial charge < -0.3 is 24.8 Å². The summed E-state index contributed by atoms with van der Waals surface area (Å²) >= 11 is 0. The van der Waals surface area contributed by atoms with Crippen LogP contribution in [0.1, 0.15) is 79.7 Å². The van der Waals surface area contributed by atoms with Crippen LogP contribution in [0.25, 0.3) is 32.9 Å². The first kappa shape index (κ1) is 35.3. The van der Waals surface area contributed by atoms with Crippen molar-refractivity contribution in [3.05, 3.63) is 47.7 Å². The number of hydrogen-bond donors (Lipinski definition) is 3. The molecule has 2 saturated heterocycles. The maximum Gasteiger partial charge on any atom is 0.412 e. The highest BCUT2D eigenvalue weighted by atomic mass is 19.1. The van der Waals surface area contributed by atoms with Crippen molar-refractivity contribution in [2.24, 2.45) is 10.8 Å². The SMILES string of the molecule is CCc1c(F)ccc2cc(NC(=O)OC(C)(C)C)cc(-c3ncc4c(N5CC6CCC(C(C)(C)C)(C5)N6)nc(OCC5(CO)CC5)nc4c3F)c12. The molecule has 2 unspecified atom stereocenters. The third-order valence-electron chi connectivity index (χ3n) is 10.9. The molecule has 4 heterocycles. The first-order valence-corrected chi connectivity index (χ1v) is 17.9. The van der Waals surface area contributed by atoms with E-state index in [2.05, 4.69) is 46.3 Å². The van der Waals surface area contributed by atoms with Gasteiger partial charge in [-0.1, -0.05) is 33.8 Å². The van der Waals surface area contributed by atoms with Gasteiger partial charge in [-0.05, 0) is 92.8 Å². The monoisotopic (exact) mass is 702 g/mol. The maximum absolute atomic E-state index is 17.3. The van der Waals surface area contributed by atoms with Crippen LogP contribution in [0, 0.1) is 22.5 Å². The molecule has 2 bridgehead atoms. The Morgan fingerprint density at radius 2 is 1.88 bits per heavy atom. The van der Waals surface area contributed by atoms with Crippen LogP contribution in [0.2, 0.25) is 0 Å². The number of benzene rings is 2. The van der Waals surface area contributed by atoms with Gasteiger partial charge in [0.05, 0.1) is 18.6 Å². The molecule has 2 aromatic carbocycles. The highest BCUT2D eigenvalue weighted by Crippen LogP contribution is 2.47. The summed E-state index contributed by atoms with van der Waals surface area (Å²) in [5.74, 6) is -0.594. The maximum atomic E-state index is 17.3. The number of carbonyl (C=O) groups is 1. The third-order valence-corrected chi connectivity index (χ3v) is 10.9. The number of piperazine rings is 1. The Morgan fingerprint density at radius 1 is 1.12 bits per heavy atom. The minimum absolute atomic E-state index is 0.0134. The van der Waals surface area contributed by atoms with Crippen molar-refractivity contribution >= 4 is 39.3 Å². The second kappa shape index (κ2) is 12.5. The number of rotatable bonds is 8. The molecule has 2 atom stereocenters. The number of pyridine rings is 1. The predicted octanol–water partition coefficient (Wildman–Crippen LogP) is 7.54. The van der Waals surface area contributed by atoms with E-state index in [9.17, 15) is 9.90 Å². The van der Waals surface area contributed by atoms with Crippen LogP contribution in [0.5, 0.6) is 6.01 Å². The fourth-order valence-electron chi connectivity index (χ4n) is 7.66. The summed E-state index contributed by atoms with van der Waals surface area (Å²) in [6, 6.07) is 6.56. The van der Waals surface area contributed by atoms with Gasteiger partial charge in [0.1, 0.15) is 28.4 Å². The number of nitrogens with one attached hydrogen (secondary N) is 2. The zero-order valence-corrected chi connectivity index (χ0v) is 30.5. The molecule has 0 radical (unpaired) electrons. The quantitative estimate of drug-likeness (QED) is 0.171. The van der Waals surface area contributed by atoms with Gasteiger partial charge in [-0.2, -0.15) is 9.97 Å². The number of halogens is 2. The number of nitrogens with zero attached hydrogens (tertiary/aromatic N) is 4. The van der Waals surface area contributed by atoms with Gasteiger partial charge >= 0.3 is 12.1 Å². The average Bonchev–Trinajstić information content (AvgIpc) is 3.78. The number of aliphatic hydroxyl groups is 1. The molecule has 3 fully saturated rings. The van der Waals surface area contributed by atoms with E-state index in [1.165, 1.54) is 6.07 Å². The fraction of sp³-hybridized carbons (Fsp3) is 0.538. The van der Waals surface area contributed by atoms with Crippen LogP contribution in [-0.2, 0) is 11.2 Å². The minimum Gasteiger partial charge on any atom is -0.463 e. The van der Waals surface area contributed by atoms with Crippen LogP contribution in [-0.4, -0.2) is 69.6 Å². The van der Waals surface area contributed by atoms with Crippen molar-refractivity contribution in [1.82, 2.24) is 20.3 Å². The lowest BCUT2D eigenvalue weighted by Crippen LogP contribution is -2.65. The molecule has 2 aliphatic heterocycles. The van der Waals surface area contributed by atoms with E-state index in [0.717, 1.165) is 25.7 Å². The molecule has 10 nitrogen and oxygen atoms in total. The third kappa shape index (κ3) is 6.57. The number of anilines is 2. The highest BCUT2D eigenvalue weighted by Gasteiger charge is 2.52. The van der Waals surface area contributed by atoms with Crippen LogP contribution in [0.3, 0.4) is 0 Å². The van der Waals surface area contributed by atoms with Gasteiger partial charge in [0.2, 0.25) is 0 Å². The molecule has 4 aromatic rings. The van der Waals surface area contributed by atoms with Crippen molar-refractivity contribution in [3.63, 3.8) is 0 Å². The summed E-state index contributed by atoms with van der Waals surface area (Å²) in [6.07, 6.45) is 4.95. The molecule has 7 rings (SSSR count). The molecule has 12 heteroatoms. The first-order chi connectivity index (χ1) is 24.0. The van der Waals surface area contributed by atoms with Gasteiger partial charge in [0.25, 0.3) is 0 Å². The van der Waals surface area contributed by atoms with Crippen LogP contribution in [0.15, 0.2) is 30.5 Å². The Kier molecular flexibility index (Phi) is 8.65. The van der Waals surface area contributed by atoms with E-state index in [1.54, 1.807) is 45.2 Å². The van der Waals surface area contributed by atoms with E-state index in [1.807, 2.05) is 6.92 Å². The second-order valence-corrected chi connectivity index (χ2v) is 16.7. The number of carbonyl (C=O) groups excluding carboxylic acids is 1. The molecule has 1 amide bonds. The number of ether oxygens (including phenoxy) is 2. The van der Waals surface area contributed by atoms with Crippen molar-refractivity contribution in [1.29, 1.82) is 0 Å². The van der Waals surface area contributed by atoms with Gasteiger partial charge in [-0.15, -0.1) is 0 Å². The normalized spacial score (nSPS) is 21.3. The summed E-state index contributed by atoms with van der Waals surface area (Å²) in [5.41, 5.74) is -0.264. The van der Waals surface area contributed by atoms with Crippen molar-refractivity contribution < 1.29 is 28.2 Å². The highest BCUT2D eigenvalue weighted by molar-refractivity contribution is 6.04. The molecular weight excluding hydrogens is 654 g/mol. The smallest absolute Gasteiger partial charge is 0.412 e. The summed E-state index contributed by atoms with van der Waals surface area (Å²) in [7, 11) is 0. The van der Waals surface area contributed by atoms with Crippen LogP contribution >= 0.6 is 0 Å². The lowest BCUT2D eigenvalue weighted by molar-refractivity contribution is 0.0636. The summed E-state index contributed by atoms with van der Waals surface area (Å²) in [5, 5.41) is 18.1. The molecule has 3 aliphatic rings. The number of fused-ring (bicyclic) bond motifs is 4. The fourth-order valence-corrected chi connectivity index (χ4v) is 7.66. The lowest BCUT2D eigenvalue weighted by atomic mass is 9.72. The molecule has 1 saturated carbocycles. The van der Waals surface area contributed by atoms with Crippen molar-refractivity contribution in [2.45, 2.75) is 97.8 Å². The molecule has 3 N–H and O–H groups in total. The van der Waals surface area contributed by atoms with Gasteiger partial charge in [0.15, 0.2) is 5.82 Å². The Labute approximate surface area is 297 Å². The van der Waals surface area contributed by atoms with Crippen molar-refractivity contribution in [2.75, 3.05) is 36.5 Å². The molecule has 2 aromatic heterocycles. The van der Waals surface area contributed by atoms with Gasteiger partial charge in [0, 0.05) is 47.5 Å². The zero-order chi connectivity index (χ0) is 36.5. The second-order valence-electron chi connectivity index (χ2n) is 16.7. The number of aliphatic hydroxyl groups excluding tert-OH is 1. The summed E-state index contributed by atoms with van der Waals surface area (Å²) < 4.78 is 44.2. The summed E-state index contributed by atoms with van der Waals surface area (Å²) in [4.78, 5) is 29.2. The largest absolute Gasteiger partial charge is 0.463 e. The van der Waals surface area contributed by atoms with Gasteiger partial charge in [-0.25, -0.2) is 13.6 Å². The number of aromatic nitrogens is 3. The molecule has 0 spiro atoms. The van der Waals surface area contributed by atoms with E-state index in [4.69, 9.17) is 14.5 Å². The lowest BCUT2D eigenvalue weighted by Gasteiger charge is -2.49. The average molecular weight is 703 g/mol. The van der Waals surface area contributed by atoms with Crippen molar-refractivity contribution in [3.8, 4) is 17.3 Å². The molecule has 272 valence electrons. The van der Waals surface area contributed by atoms with E-state index >= 15 is 8.78 Å². The van der Waals surface area contributed by atoms with E-state index < -0.39 is 23.3 Å². The van der Waals surface area contributed by atoms with E-state index in [0.29, 0.717) is 58.3 Å². The minimum atomic E-state index is -0.738. The Balaban J connectivity index is 1.39. The number of amides is 1. The first-order valence-electron chi connectivity index (χ1n) is 17.9. The van der Waals surface area contributed by atoms with Crippen LogP contribution in [0.4, 0.5) is 25.1 Å². The number of hydrogen-bond acceptors (Lipinski definition) is 9. The topological polar surface area (TPSA) is 122 Å². The number of aryl methyl sites for hydroxylation is 1. The standard InChI is InChI=1S/C39H48F2N6O4/c1-8-25-28(40)10-9-22-15-24(43-35(49)51-37(5,6)7)16-26(29(22)25)31-30(41)32-27(17-42-31)33(45-34(44-32)50-21-38(20-48)13-14-38)47-18-23-11-12-39(19-47,46-23)36(2,3)4/h9-10,15-17,23,46,48H,8,11-14,18-21H2,1-7H3,(H,43,49). The Morgan fingerprint density at radius 3 is 2.55 bits per heavy atom.